The van der Waals surface area contributed by atoms with Crippen LogP contribution in [0.2, 0.25) is 5.02 Å². The van der Waals surface area contributed by atoms with Crippen LogP contribution in [0.15, 0.2) is 47.6 Å². The quantitative estimate of drug-likeness (QED) is 0.530. The molecule has 1 aliphatic heterocycles. The SMILES string of the molecule is CN(c1ccc(S(=O)(=O)Nc2ncns2)cc1Cl)C1CCN(Cc2cc(F)cc(F)c2)C1. The molecule has 0 bridgehead atoms. The lowest BCUT2D eigenvalue weighted by molar-refractivity contribution is 0.324. The van der Waals surface area contributed by atoms with Crippen LogP contribution in [0.1, 0.15) is 12.0 Å². The van der Waals surface area contributed by atoms with E-state index >= 15 is 0 Å². The van der Waals surface area contributed by atoms with Gasteiger partial charge in [0.2, 0.25) is 5.13 Å². The first-order valence-electron chi connectivity index (χ1n) is 9.70. The third-order valence-electron chi connectivity index (χ3n) is 5.32. The lowest BCUT2D eigenvalue weighted by atomic mass is 10.2. The molecule has 3 aromatic rings. The van der Waals surface area contributed by atoms with Gasteiger partial charge in [0.15, 0.2) is 0 Å². The molecule has 7 nitrogen and oxygen atoms in total. The third-order valence-corrected chi connectivity index (χ3v) is 7.66. The predicted molar refractivity (Wildman–Crippen MR) is 121 cm³/mol. The summed E-state index contributed by atoms with van der Waals surface area (Å²) in [6.45, 7) is 1.90. The number of halogens is 3. The van der Waals surface area contributed by atoms with Gasteiger partial charge in [-0.3, -0.25) is 9.62 Å². The number of aromatic nitrogens is 2. The van der Waals surface area contributed by atoms with Crippen LogP contribution in [-0.4, -0.2) is 48.9 Å². The van der Waals surface area contributed by atoms with Gasteiger partial charge in [-0.05, 0) is 42.3 Å². The smallest absolute Gasteiger partial charge is 0.263 e. The van der Waals surface area contributed by atoms with E-state index in [-0.39, 0.29) is 16.1 Å². The van der Waals surface area contributed by atoms with Crippen molar-refractivity contribution in [3.8, 4) is 0 Å². The number of likely N-dealkylation sites (tertiary alicyclic amines) is 1. The highest BCUT2D eigenvalue weighted by molar-refractivity contribution is 7.93. The Labute approximate surface area is 193 Å². The van der Waals surface area contributed by atoms with Crippen LogP contribution in [0.4, 0.5) is 19.6 Å². The minimum atomic E-state index is -3.83. The van der Waals surface area contributed by atoms with Crippen LogP contribution in [0.25, 0.3) is 0 Å². The van der Waals surface area contributed by atoms with Gasteiger partial charge in [0.05, 0.1) is 15.6 Å². The molecule has 12 heteroatoms. The zero-order valence-electron chi connectivity index (χ0n) is 17.0. The number of nitrogens with one attached hydrogen (secondary N) is 1. The van der Waals surface area contributed by atoms with Crippen molar-refractivity contribution in [2.45, 2.75) is 23.9 Å². The summed E-state index contributed by atoms with van der Waals surface area (Å²) in [6, 6.07) is 8.22. The molecule has 170 valence electrons. The first kappa shape index (κ1) is 22.8. The highest BCUT2D eigenvalue weighted by Crippen LogP contribution is 2.32. The Morgan fingerprint density at radius 1 is 1.25 bits per heavy atom. The van der Waals surface area contributed by atoms with Gasteiger partial charge in [-0.1, -0.05) is 11.6 Å². The van der Waals surface area contributed by atoms with E-state index in [4.69, 9.17) is 11.6 Å². The second kappa shape index (κ2) is 9.26. The van der Waals surface area contributed by atoms with E-state index in [1.807, 2.05) is 11.9 Å². The molecule has 0 saturated carbocycles. The standard InChI is InChI=1S/C20H20ClF2N5O2S2/c1-27(16-4-5-28(11-16)10-13-6-14(22)8-15(23)7-13)19-3-2-17(9-18(19)21)32(29,30)26-20-24-12-25-31-20/h2-3,6-9,12,16H,4-5,10-11H2,1H3,(H,24,25,26). The largest absolute Gasteiger partial charge is 0.369 e. The normalized spacial score (nSPS) is 16.9. The van der Waals surface area contributed by atoms with Crippen LogP contribution in [0.3, 0.4) is 0 Å². The van der Waals surface area contributed by atoms with E-state index in [1.54, 1.807) is 6.07 Å². The van der Waals surface area contributed by atoms with Gasteiger partial charge in [-0.2, -0.15) is 4.37 Å². The molecule has 0 aliphatic carbocycles. The summed E-state index contributed by atoms with van der Waals surface area (Å²) in [5.74, 6) is -1.18. The molecule has 1 atom stereocenters. The zero-order valence-corrected chi connectivity index (χ0v) is 19.4. The number of nitrogens with zero attached hydrogens (tertiary/aromatic N) is 4. The summed E-state index contributed by atoms with van der Waals surface area (Å²) in [6.07, 6.45) is 2.10. The molecule has 1 saturated heterocycles. The number of sulfonamides is 1. The van der Waals surface area contributed by atoms with Crippen molar-refractivity contribution in [2.24, 2.45) is 0 Å². The Kier molecular flexibility index (Phi) is 6.61. The summed E-state index contributed by atoms with van der Waals surface area (Å²) < 4.78 is 58.2. The van der Waals surface area contributed by atoms with Gasteiger partial charge >= 0.3 is 0 Å². The Hall–Kier alpha value is -2.34. The number of hydrogen-bond acceptors (Lipinski definition) is 7. The van der Waals surface area contributed by atoms with Crippen LogP contribution >= 0.6 is 23.1 Å². The maximum Gasteiger partial charge on any atom is 0.263 e. The second-order valence-electron chi connectivity index (χ2n) is 7.53. The van der Waals surface area contributed by atoms with Crippen molar-refractivity contribution in [1.82, 2.24) is 14.3 Å². The average Bonchev–Trinajstić information content (AvgIpc) is 3.38. The van der Waals surface area contributed by atoms with Crippen LogP contribution in [-0.2, 0) is 16.6 Å². The highest BCUT2D eigenvalue weighted by atomic mass is 35.5. The topological polar surface area (TPSA) is 78.4 Å². The number of anilines is 2. The molecule has 4 rings (SSSR count). The summed E-state index contributed by atoms with van der Waals surface area (Å²) >= 11 is 7.37. The first-order valence-corrected chi connectivity index (χ1v) is 12.3. The molecule has 0 amide bonds. The minimum Gasteiger partial charge on any atom is -0.369 e. The molecule has 2 aromatic carbocycles. The Morgan fingerprint density at radius 2 is 2.00 bits per heavy atom. The minimum absolute atomic E-state index is 0.0241. The molecular weight excluding hydrogens is 480 g/mol. The van der Waals surface area contributed by atoms with E-state index in [9.17, 15) is 17.2 Å². The zero-order chi connectivity index (χ0) is 22.9. The number of rotatable bonds is 7. The Morgan fingerprint density at radius 3 is 2.66 bits per heavy atom. The first-order chi connectivity index (χ1) is 15.2. The van der Waals surface area contributed by atoms with Crippen LogP contribution < -0.4 is 9.62 Å². The molecule has 1 N–H and O–H groups in total. The molecule has 0 radical (unpaired) electrons. The monoisotopic (exact) mass is 499 g/mol. The van der Waals surface area contributed by atoms with E-state index < -0.39 is 21.7 Å². The molecule has 1 fully saturated rings. The van der Waals surface area contributed by atoms with Gasteiger partial charge in [0, 0.05) is 50.3 Å². The average molecular weight is 500 g/mol. The summed E-state index contributed by atoms with van der Waals surface area (Å²) in [4.78, 5) is 7.97. The van der Waals surface area contributed by atoms with Crippen molar-refractivity contribution in [3.05, 3.63) is 64.9 Å². The second-order valence-corrected chi connectivity index (χ2v) is 10.4. The van der Waals surface area contributed by atoms with Crippen molar-refractivity contribution >= 4 is 44.0 Å². The lowest BCUT2D eigenvalue weighted by Gasteiger charge is -2.28. The Bertz CT molecular complexity index is 1190. The van der Waals surface area contributed by atoms with E-state index in [1.165, 1.54) is 30.6 Å². The number of benzene rings is 2. The molecular formula is C20H20ClF2N5O2S2. The summed E-state index contributed by atoms with van der Waals surface area (Å²) in [5, 5.41) is 0.477. The fourth-order valence-electron chi connectivity index (χ4n) is 3.76. The van der Waals surface area contributed by atoms with E-state index in [0.29, 0.717) is 29.4 Å². The Balaban J connectivity index is 1.43. The maximum absolute atomic E-state index is 13.5. The summed E-state index contributed by atoms with van der Waals surface area (Å²) in [5.41, 5.74) is 1.28. The molecule has 0 spiro atoms. The lowest BCUT2D eigenvalue weighted by Crippen LogP contribution is -2.34. The van der Waals surface area contributed by atoms with Crippen molar-refractivity contribution < 1.29 is 17.2 Å². The third kappa shape index (κ3) is 5.17. The fourth-order valence-corrected chi connectivity index (χ4v) is 5.83. The van der Waals surface area contributed by atoms with Gasteiger partial charge < -0.3 is 4.90 Å². The highest BCUT2D eigenvalue weighted by Gasteiger charge is 2.28. The van der Waals surface area contributed by atoms with Crippen LogP contribution in [0, 0.1) is 11.6 Å². The van der Waals surface area contributed by atoms with Crippen LogP contribution in [0.5, 0.6) is 0 Å². The van der Waals surface area contributed by atoms with E-state index in [0.717, 1.165) is 30.6 Å². The van der Waals surface area contributed by atoms with E-state index in [2.05, 4.69) is 19.0 Å². The van der Waals surface area contributed by atoms with Crippen molar-refractivity contribution in [3.63, 3.8) is 0 Å². The molecule has 2 heterocycles. The van der Waals surface area contributed by atoms with Gasteiger partial charge in [0.1, 0.15) is 18.0 Å². The summed E-state index contributed by atoms with van der Waals surface area (Å²) in [7, 11) is -1.94. The predicted octanol–water partition coefficient (Wildman–Crippen LogP) is 3.98. The van der Waals surface area contributed by atoms with Gasteiger partial charge in [-0.25, -0.2) is 22.2 Å². The molecule has 32 heavy (non-hydrogen) atoms. The van der Waals surface area contributed by atoms with Crippen molar-refractivity contribution in [1.29, 1.82) is 0 Å². The number of hydrogen-bond donors (Lipinski definition) is 1. The van der Waals surface area contributed by atoms with Gasteiger partial charge in [0.25, 0.3) is 10.0 Å². The maximum atomic E-state index is 13.5. The molecule has 1 aliphatic rings. The molecule has 1 aromatic heterocycles. The van der Waals surface area contributed by atoms with Crippen molar-refractivity contribution in [2.75, 3.05) is 29.8 Å². The molecule has 1 unspecified atom stereocenters. The van der Waals surface area contributed by atoms with Gasteiger partial charge in [-0.15, -0.1) is 0 Å². The number of likely N-dealkylation sites (N-methyl/N-ethyl adjacent to an activating group) is 1. The fraction of sp³-hybridized carbons (Fsp3) is 0.300.